The van der Waals surface area contributed by atoms with Gasteiger partial charge in [-0.25, -0.2) is 0 Å². The molecule has 0 aliphatic carbocycles. The SMILES string of the molecule is CCCCCCCc1c(CCC)cc(S(=O)(=O)O)c(S(=O)(=O)O)c1S(=O)(=O)O. The second-order valence-electron chi connectivity index (χ2n) is 6.51. The average molecular weight is 459 g/mol. The molecule has 0 aliphatic rings. The fraction of sp³-hybridized carbons (Fsp3) is 0.625. The lowest BCUT2D eigenvalue weighted by Gasteiger charge is -2.18. The van der Waals surface area contributed by atoms with Gasteiger partial charge in [0.05, 0.1) is 0 Å². The van der Waals surface area contributed by atoms with Crippen molar-refractivity contribution >= 4 is 30.4 Å². The largest absolute Gasteiger partial charge is 0.297 e. The van der Waals surface area contributed by atoms with E-state index in [-0.39, 0.29) is 24.0 Å². The Balaban J connectivity index is 3.86. The molecule has 28 heavy (non-hydrogen) atoms. The summed E-state index contributed by atoms with van der Waals surface area (Å²) in [6.07, 6.45) is 4.70. The van der Waals surface area contributed by atoms with Gasteiger partial charge in [0.25, 0.3) is 30.4 Å². The highest BCUT2D eigenvalue weighted by molar-refractivity contribution is 7.90. The van der Waals surface area contributed by atoms with E-state index in [2.05, 4.69) is 0 Å². The molecule has 12 heteroatoms. The molecule has 0 amide bonds. The summed E-state index contributed by atoms with van der Waals surface area (Å²) in [7, 11) is -15.8. The van der Waals surface area contributed by atoms with Gasteiger partial charge in [0.2, 0.25) is 0 Å². The summed E-state index contributed by atoms with van der Waals surface area (Å²) in [6.45, 7) is 3.75. The van der Waals surface area contributed by atoms with Gasteiger partial charge in [-0.05, 0) is 36.5 Å². The van der Waals surface area contributed by atoms with E-state index in [0.29, 0.717) is 19.3 Å². The third-order valence-corrected chi connectivity index (χ3v) is 7.28. The van der Waals surface area contributed by atoms with E-state index in [1.807, 2.05) is 6.92 Å². The average Bonchev–Trinajstić information content (AvgIpc) is 2.52. The molecule has 1 aromatic carbocycles. The van der Waals surface area contributed by atoms with Crippen molar-refractivity contribution in [3.63, 3.8) is 0 Å². The second kappa shape index (κ2) is 9.63. The van der Waals surface area contributed by atoms with Crippen molar-refractivity contribution in [2.75, 3.05) is 0 Å². The molecule has 1 aromatic rings. The van der Waals surface area contributed by atoms with Crippen LogP contribution in [0.4, 0.5) is 0 Å². The van der Waals surface area contributed by atoms with Gasteiger partial charge < -0.3 is 0 Å². The lowest BCUT2D eigenvalue weighted by molar-refractivity contribution is 0.453. The van der Waals surface area contributed by atoms with Crippen LogP contribution in [0, 0.1) is 0 Å². The Kier molecular flexibility index (Phi) is 8.60. The minimum atomic E-state index is -5.40. The smallest absolute Gasteiger partial charge is 0.282 e. The normalized spacial score (nSPS) is 13.0. The first-order valence-electron chi connectivity index (χ1n) is 8.86. The quantitative estimate of drug-likeness (QED) is 0.334. The van der Waals surface area contributed by atoms with Crippen LogP contribution >= 0.6 is 0 Å². The Hall–Kier alpha value is -1.05. The van der Waals surface area contributed by atoms with Gasteiger partial charge in [-0.15, -0.1) is 0 Å². The summed E-state index contributed by atoms with van der Waals surface area (Å²) in [4.78, 5) is -3.99. The van der Waals surface area contributed by atoms with Crippen molar-refractivity contribution in [2.45, 2.75) is 79.9 Å². The molecule has 0 aliphatic heterocycles. The zero-order valence-corrected chi connectivity index (χ0v) is 18.2. The van der Waals surface area contributed by atoms with Gasteiger partial charge in [0.1, 0.15) is 14.7 Å². The molecule has 0 fully saturated rings. The predicted molar refractivity (Wildman–Crippen MR) is 102 cm³/mol. The molecular formula is C16H26O9S3. The summed E-state index contributed by atoms with van der Waals surface area (Å²) >= 11 is 0. The van der Waals surface area contributed by atoms with Crippen molar-refractivity contribution in [3.05, 3.63) is 17.2 Å². The fourth-order valence-electron chi connectivity index (χ4n) is 3.09. The lowest BCUT2D eigenvalue weighted by Crippen LogP contribution is -2.18. The zero-order valence-electron chi connectivity index (χ0n) is 15.8. The fourth-order valence-corrected chi connectivity index (χ4v) is 6.60. The summed E-state index contributed by atoms with van der Waals surface area (Å²) < 4.78 is 99.5. The first-order chi connectivity index (χ1) is 12.7. The molecule has 0 bridgehead atoms. The highest BCUT2D eigenvalue weighted by atomic mass is 32.2. The zero-order chi connectivity index (χ0) is 21.8. The Bertz CT molecular complexity index is 1010. The van der Waals surface area contributed by atoms with Crippen molar-refractivity contribution in [1.82, 2.24) is 0 Å². The molecule has 0 saturated heterocycles. The van der Waals surface area contributed by atoms with E-state index in [0.717, 1.165) is 25.3 Å². The maximum Gasteiger partial charge on any atom is 0.297 e. The van der Waals surface area contributed by atoms with E-state index in [9.17, 15) is 38.9 Å². The minimum absolute atomic E-state index is 0.0580. The number of aryl methyl sites for hydroxylation is 1. The second-order valence-corrected chi connectivity index (χ2v) is 10.6. The van der Waals surface area contributed by atoms with E-state index >= 15 is 0 Å². The van der Waals surface area contributed by atoms with Crippen LogP contribution in [-0.2, 0) is 43.2 Å². The first-order valence-corrected chi connectivity index (χ1v) is 13.2. The highest BCUT2D eigenvalue weighted by Gasteiger charge is 2.36. The molecule has 1 rings (SSSR count). The Morgan fingerprint density at radius 3 is 1.64 bits per heavy atom. The van der Waals surface area contributed by atoms with E-state index in [1.54, 1.807) is 6.92 Å². The molecule has 162 valence electrons. The van der Waals surface area contributed by atoms with Gasteiger partial charge in [0.15, 0.2) is 0 Å². The summed E-state index contributed by atoms with van der Waals surface area (Å²) in [6, 6.07) is 0.845. The molecule has 9 nitrogen and oxygen atoms in total. The number of hydrogen-bond donors (Lipinski definition) is 3. The minimum Gasteiger partial charge on any atom is -0.282 e. The Morgan fingerprint density at radius 1 is 0.679 bits per heavy atom. The number of benzene rings is 1. The first kappa shape index (κ1) is 25.0. The van der Waals surface area contributed by atoms with E-state index < -0.39 is 45.0 Å². The van der Waals surface area contributed by atoms with E-state index in [4.69, 9.17) is 0 Å². The molecular weight excluding hydrogens is 432 g/mol. The van der Waals surface area contributed by atoms with Gasteiger partial charge in [-0.3, -0.25) is 13.7 Å². The molecule has 0 saturated carbocycles. The van der Waals surface area contributed by atoms with Gasteiger partial charge >= 0.3 is 0 Å². The van der Waals surface area contributed by atoms with Crippen molar-refractivity contribution in [1.29, 1.82) is 0 Å². The van der Waals surface area contributed by atoms with E-state index in [1.165, 1.54) is 0 Å². The predicted octanol–water partition coefficient (Wildman–Crippen LogP) is 2.89. The molecule has 0 aromatic heterocycles. The molecule has 0 atom stereocenters. The lowest BCUT2D eigenvalue weighted by atomic mass is 9.97. The van der Waals surface area contributed by atoms with Crippen LogP contribution in [-0.4, -0.2) is 38.9 Å². The Labute approximate surface area is 166 Å². The maximum absolute atomic E-state index is 12.0. The van der Waals surface area contributed by atoms with Crippen LogP contribution in [0.25, 0.3) is 0 Å². The topological polar surface area (TPSA) is 163 Å². The van der Waals surface area contributed by atoms with Gasteiger partial charge in [0, 0.05) is 0 Å². The van der Waals surface area contributed by atoms with Crippen LogP contribution in [0.1, 0.15) is 63.5 Å². The number of rotatable bonds is 11. The van der Waals surface area contributed by atoms with Gasteiger partial charge in [-0.2, -0.15) is 25.3 Å². The van der Waals surface area contributed by atoms with Crippen LogP contribution in [0.5, 0.6) is 0 Å². The monoisotopic (exact) mass is 458 g/mol. The standard InChI is InChI=1S/C16H26O9S3/c1-3-5-6-7-8-10-13-12(9-4-2)11-14(26(17,18)19)16(28(23,24)25)15(13)27(20,21)22/h11H,3-10H2,1-2H3,(H,17,18,19)(H,20,21,22)(H,23,24,25). The van der Waals surface area contributed by atoms with Crippen LogP contribution in [0.2, 0.25) is 0 Å². The third-order valence-electron chi connectivity index (χ3n) is 4.24. The maximum atomic E-state index is 12.0. The highest BCUT2D eigenvalue weighted by Crippen LogP contribution is 2.35. The van der Waals surface area contributed by atoms with Crippen LogP contribution < -0.4 is 0 Å². The third kappa shape index (κ3) is 6.49. The molecule has 3 N–H and O–H groups in total. The number of unbranched alkanes of at least 4 members (excludes halogenated alkanes) is 4. The van der Waals surface area contributed by atoms with Crippen molar-refractivity contribution in [3.8, 4) is 0 Å². The van der Waals surface area contributed by atoms with Crippen molar-refractivity contribution in [2.24, 2.45) is 0 Å². The van der Waals surface area contributed by atoms with Crippen molar-refractivity contribution < 1.29 is 38.9 Å². The summed E-state index contributed by atoms with van der Waals surface area (Å²) in [5, 5.41) is 0. The van der Waals surface area contributed by atoms with Crippen LogP contribution in [0.3, 0.4) is 0 Å². The molecule has 0 unspecified atom stereocenters. The number of hydrogen-bond acceptors (Lipinski definition) is 6. The summed E-state index contributed by atoms with van der Waals surface area (Å²) in [5.74, 6) is 0. The van der Waals surface area contributed by atoms with Crippen LogP contribution in [0.15, 0.2) is 20.8 Å². The molecule has 0 spiro atoms. The summed E-state index contributed by atoms with van der Waals surface area (Å²) in [5.41, 5.74) is 0.103. The van der Waals surface area contributed by atoms with Gasteiger partial charge in [-0.1, -0.05) is 46.0 Å². The molecule has 0 radical (unpaired) electrons. The Morgan fingerprint density at radius 2 is 1.21 bits per heavy atom. The molecule has 0 heterocycles.